The van der Waals surface area contributed by atoms with Crippen molar-refractivity contribution in [2.45, 2.75) is 76.8 Å². The SMILES string of the molecule is C=N/C(NCCCCC1CN1)=C1/C=C(Cl)C(c2cccc3ccccc23)=C(F)/C1=N/CCCCCN1CC1CCCC. The Hall–Kier alpha value is -2.80. The van der Waals surface area contributed by atoms with Gasteiger partial charge in [0.2, 0.25) is 0 Å². The molecule has 0 spiro atoms. The van der Waals surface area contributed by atoms with Crippen LogP contribution in [0.5, 0.6) is 0 Å². The van der Waals surface area contributed by atoms with Crippen molar-refractivity contribution >= 4 is 40.4 Å². The quantitative estimate of drug-likeness (QED) is 0.112. The maximum Gasteiger partial charge on any atom is 0.158 e. The summed E-state index contributed by atoms with van der Waals surface area (Å²) < 4.78 is 16.6. The van der Waals surface area contributed by atoms with Crippen LogP contribution in [0.15, 0.2) is 80.8 Å². The van der Waals surface area contributed by atoms with Crippen molar-refractivity contribution in [2.75, 3.05) is 32.7 Å². The smallest absolute Gasteiger partial charge is 0.158 e. The van der Waals surface area contributed by atoms with Crippen LogP contribution in [0.25, 0.3) is 16.3 Å². The molecule has 2 aliphatic heterocycles. The number of hydrogen-bond acceptors (Lipinski definition) is 5. The summed E-state index contributed by atoms with van der Waals surface area (Å²) in [6.45, 7) is 10.9. The zero-order chi connectivity index (χ0) is 29.3. The van der Waals surface area contributed by atoms with E-state index in [0.717, 1.165) is 74.1 Å². The highest BCUT2D eigenvalue weighted by atomic mass is 35.5. The van der Waals surface area contributed by atoms with Crippen LogP contribution in [0.1, 0.15) is 70.3 Å². The number of aliphatic imine (C=N–C) groups is 2. The van der Waals surface area contributed by atoms with Crippen molar-refractivity contribution in [1.29, 1.82) is 0 Å². The number of rotatable bonds is 17. The number of nitrogens with one attached hydrogen (secondary N) is 2. The van der Waals surface area contributed by atoms with Crippen molar-refractivity contribution in [2.24, 2.45) is 9.98 Å². The minimum Gasteiger partial charge on any atom is -0.370 e. The summed E-state index contributed by atoms with van der Waals surface area (Å²) in [5, 5.41) is 9.08. The van der Waals surface area contributed by atoms with Crippen LogP contribution in [-0.2, 0) is 0 Å². The molecule has 3 aliphatic rings. The number of hydrogen-bond donors (Lipinski definition) is 2. The molecule has 42 heavy (non-hydrogen) atoms. The lowest BCUT2D eigenvalue weighted by Gasteiger charge is -2.21. The Kier molecular flexibility index (Phi) is 11.0. The van der Waals surface area contributed by atoms with Crippen LogP contribution in [0.2, 0.25) is 0 Å². The van der Waals surface area contributed by atoms with E-state index in [4.69, 9.17) is 16.6 Å². The zero-order valence-electron chi connectivity index (χ0n) is 25.0. The van der Waals surface area contributed by atoms with Gasteiger partial charge in [0.1, 0.15) is 11.5 Å². The zero-order valence-corrected chi connectivity index (χ0v) is 25.7. The molecule has 0 saturated carbocycles. The third kappa shape index (κ3) is 7.97. The van der Waals surface area contributed by atoms with Crippen LogP contribution in [0, 0.1) is 0 Å². The highest BCUT2D eigenvalue weighted by molar-refractivity contribution is 6.41. The molecule has 2 aromatic carbocycles. The molecule has 224 valence electrons. The minimum absolute atomic E-state index is 0.310. The Morgan fingerprint density at radius 1 is 1.07 bits per heavy atom. The number of unbranched alkanes of at least 4 members (excludes halogenated alkanes) is 4. The molecule has 0 radical (unpaired) electrons. The third-order valence-corrected chi connectivity index (χ3v) is 8.82. The van der Waals surface area contributed by atoms with Crippen LogP contribution in [0.3, 0.4) is 0 Å². The standard InChI is InChI=1S/C35H45ClFN5/c1-3-4-16-27-24-42(27)21-11-5-9-19-39-34-30(35(38-2)40-20-10-8-15-26-23-41-26)22-31(36)32(33(34)37)29-18-12-14-25-13-6-7-17-28(25)29/h6-7,12-14,17-18,22,26-27,40-41H,2-5,8-11,15-16,19-21,23-24H2,1H3/b35-30+,39-34+. The van der Waals surface area contributed by atoms with Gasteiger partial charge in [-0.1, -0.05) is 86.7 Å². The monoisotopic (exact) mass is 589 g/mol. The highest BCUT2D eigenvalue weighted by Gasteiger charge is 2.32. The maximum atomic E-state index is 16.6. The third-order valence-electron chi connectivity index (χ3n) is 8.52. The lowest BCUT2D eigenvalue weighted by atomic mass is 9.90. The Balaban J connectivity index is 1.32. The Bertz CT molecular complexity index is 1370. The van der Waals surface area contributed by atoms with Gasteiger partial charge in [0.15, 0.2) is 5.83 Å². The number of benzene rings is 2. The largest absolute Gasteiger partial charge is 0.370 e. The Morgan fingerprint density at radius 2 is 1.90 bits per heavy atom. The summed E-state index contributed by atoms with van der Waals surface area (Å²) in [6.07, 6.45) is 12.2. The molecule has 1 aliphatic carbocycles. The van der Waals surface area contributed by atoms with Gasteiger partial charge in [0.05, 0.1) is 5.03 Å². The van der Waals surface area contributed by atoms with Gasteiger partial charge in [-0.3, -0.25) is 9.89 Å². The molecule has 2 fully saturated rings. The van der Waals surface area contributed by atoms with Gasteiger partial charge in [0.25, 0.3) is 0 Å². The van der Waals surface area contributed by atoms with Gasteiger partial charge in [-0.05, 0) is 67.8 Å². The maximum absolute atomic E-state index is 16.6. The van der Waals surface area contributed by atoms with Crippen molar-refractivity contribution in [3.05, 3.63) is 76.4 Å². The minimum atomic E-state index is -0.403. The van der Waals surface area contributed by atoms with E-state index >= 15 is 4.39 Å². The summed E-state index contributed by atoms with van der Waals surface area (Å²) in [6, 6.07) is 15.4. The van der Waals surface area contributed by atoms with E-state index in [9.17, 15) is 0 Å². The molecule has 3 atom stereocenters. The first kappa shape index (κ1) is 30.7. The number of allylic oxidation sites excluding steroid dienone is 5. The van der Waals surface area contributed by atoms with Crippen LogP contribution >= 0.6 is 11.6 Å². The van der Waals surface area contributed by atoms with Gasteiger partial charge >= 0.3 is 0 Å². The number of halogens is 2. The molecular weight excluding hydrogens is 545 g/mol. The van der Waals surface area contributed by atoms with Crippen molar-refractivity contribution in [1.82, 2.24) is 15.5 Å². The molecule has 0 aromatic heterocycles. The van der Waals surface area contributed by atoms with Gasteiger partial charge < -0.3 is 10.6 Å². The summed E-state index contributed by atoms with van der Waals surface area (Å²) in [4.78, 5) is 11.7. The molecular formula is C35H45ClFN5. The summed E-state index contributed by atoms with van der Waals surface area (Å²) >= 11 is 6.85. The van der Waals surface area contributed by atoms with Gasteiger partial charge in [-0.2, -0.15) is 0 Å². The van der Waals surface area contributed by atoms with Gasteiger partial charge in [-0.15, -0.1) is 0 Å². The molecule has 0 amide bonds. The summed E-state index contributed by atoms with van der Waals surface area (Å²) in [5.74, 6) is 0.127. The average Bonchev–Trinajstić information content (AvgIpc) is 3.94. The first-order chi connectivity index (χ1) is 20.6. The van der Waals surface area contributed by atoms with E-state index < -0.39 is 5.83 Å². The van der Waals surface area contributed by atoms with Crippen LogP contribution in [0.4, 0.5) is 4.39 Å². The van der Waals surface area contributed by atoms with Crippen molar-refractivity contribution < 1.29 is 4.39 Å². The van der Waals surface area contributed by atoms with E-state index in [1.807, 2.05) is 48.5 Å². The van der Waals surface area contributed by atoms with Crippen molar-refractivity contribution in [3.63, 3.8) is 0 Å². The van der Waals surface area contributed by atoms with Gasteiger partial charge in [0, 0.05) is 49.4 Å². The van der Waals surface area contributed by atoms with Crippen molar-refractivity contribution in [3.8, 4) is 0 Å². The topological polar surface area (TPSA) is 61.7 Å². The fourth-order valence-corrected chi connectivity index (χ4v) is 6.18. The summed E-state index contributed by atoms with van der Waals surface area (Å²) in [5.41, 5.74) is 2.04. The fourth-order valence-electron chi connectivity index (χ4n) is 5.89. The van der Waals surface area contributed by atoms with E-state index in [2.05, 4.69) is 34.2 Å². The second kappa shape index (κ2) is 15.1. The highest BCUT2D eigenvalue weighted by Crippen LogP contribution is 2.40. The van der Waals surface area contributed by atoms with E-state index in [1.54, 1.807) is 0 Å². The second-order valence-electron chi connectivity index (χ2n) is 11.7. The average molecular weight is 590 g/mol. The summed E-state index contributed by atoms with van der Waals surface area (Å²) in [7, 11) is 0. The van der Waals surface area contributed by atoms with Crippen LogP contribution in [-0.4, -0.2) is 62.1 Å². The Morgan fingerprint density at radius 3 is 2.71 bits per heavy atom. The molecule has 2 saturated heterocycles. The predicted octanol–water partition coefficient (Wildman–Crippen LogP) is 7.79. The fraction of sp³-hybridized carbons (Fsp3) is 0.486. The lowest BCUT2D eigenvalue weighted by molar-refractivity contribution is 0.459. The second-order valence-corrected chi connectivity index (χ2v) is 12.1. The number of nitrogens with zero attached hydrogens (tertiary/aromatic N) is 3. The first-order valence-electron chi connectivity index (χ1n) is 15.8. The predicted molar refractivity (Wildman–Crippen MR) is 177 cm³/mol. The lowest BCUT2D eigenvalue weighted by Crippen LogP contribution is -2.21. The molecule has 2 aromatic rings. The Labute approximate surface area is 255 Å². The molecule has 2 heterocycles. The number of fused-ring (bicyclic) bond motifs is 1. The molecule has 7 heteroatoms. The van der Waals surface area contributed by atoms with E-state index in [1.165, 1.54) is 32.2 Å². The molecule has 5 rings (SSSR count). The van der Waals surface area contributed by atoms with E-state index in [0.29, 0.717) is 40.3 Å². The van der Waals surface area contributed by atoms with E-state index in [-0.39, 0.29) is 0 Å². The molecule has 2 N–H and O–H groups in total. The van der Waals surface area contributed by atoms with Crippen LogP contribution < -0.4 is 10.6 Å². The molecule has 5 nitrogen and oxygen atoms in total. The first-order valence-corrected chi connectivity index (χ1v) is 16.2. The van der Waals surface area contributed by atoms with Gasteiger partial charge in [-0.25, -0.2) is 9.38 Å². The molecule has 3 unspecified atom stereocenters. The molecule has 0 bridgehead atoms. The normalized spacial score (nSPS) is 23.7.